The van der Waals surface area contributed by atoms with Crippen molar-refractivity contribution in [1.82, 2.24) is 0 Å². The molecule has 0 amide bonds. The van der Waals surface area contributed by atoms with Crippen LogP contribution in [0.15, 0.2) is 42.8 Å². The number of allylic oxidation sites excluding steroid dienone is 6. The molecular weight excluding hydrogens is 400 g/mol. The monoisotopic (exact) mass is 426 g/mol. The van der Waals surface area contributed by atoms with Gasteiger partial charge in [-0.25, -0.2) is 0 Å². The Labute approximate surface area is 168 Å². The van der Waals surface area contributed by atoms with Crippen molar-refractivity contribution in [2.24, 2.45) is 0 Å². The van der Waals surface area contributed by atoms with Gasteiger partial charge in [0.2, 0.25) is 0 Å². The second kappa shape index (κ2) is 9.31. The summed E-state index contributed by atoms with van der Waals surface area (Å²) in [5, 5.41) is 0.777. The zero-order chi connectivity index (χ0) is 15.7. The van der Waals surface area contributed by atoms with Crippen LogP contribution >= 0.6 is 0 Å². The van der Waals surface area contributed by atoms with Gasteiger partial charge in [0.15, 0.2) is 0 Å². The summed E-state index contributed by atoms with van der Waals surface area (Å²) in [5.41, 5.74) is 0. The number of hydrogen-bond acceptors (Lipinski definition) is 0. The van der Waals surface area contributed by atoms with E-state index in [2.05, 4.69) is 78.0 Å². The molecule has 0 saturated heterocycles. The molecule has 0 bridgehead atoms. The van der Waals surface area contributed by atoms with E-state index >= 15 is 0 Å². The Kier molecular flexibility index (Phi) is 9.53. The zero-order valence-electron chi connectivity index (χ0n) is 15.3. The van der Waals surface area contributed by atoms with Gasteiger partial charge in [0, 0.05) is 0 Å². The first kappa shape index (κ1) is 23.6. The van der Waals surface area contributed by atoms with E-state index in [1.54, 1.807) is 6.36 Å². The maximum atomic E-state index is 2.45. The Bertz CT molecular complexity index is 462. The van der Waals surface area contributed by atoms with Crippen molar-refractivity contribution in [2.45, 2.75) is 64.8 Å². The van der Waals surface area contributed by atoms with Crippen molar-refractivity contribution < 1.29 is 48.0 Å². The van der Waals surface area contributed by atoms with Crippen LogP contribution in [0.2, 0.25) is 23.3 Å². The summed E-state index contributed by atoms with van der Waals surface area (Å²) in [6, 6.07) is 0. The topological polar surface area (TPSA) is 0 Å². The minimum absolute atomic E-state index is 0. The molecule has 0 atom stereocenters. The second-order valence-electron chi connectivity index (χ2n) is 8.53. The van der Waals surface area contributed by atoms with Crippen LogP contribution in [0.4, 0.5) is 0 Å². The maximum Gasteiger partial charge on any atom is -1.00 e. The Morgan fingerprint density at radius 1 is 0.739 bits per heavy atom. The van der Waals surface area contributed by atoms with Gasteiger partial charge in [-0.15, -0.1) is 0 Å². The van der Waals surface area contributed by atoms with Gasteiger partial charge in [-0.3, -0.25) is 0 Å². The Morgan fingerprint density at radius 2 is 1.09 bits per heavy atom. The zero-order valence-corrected chi connectivity index (χ0v) is 19.3. The van der Waals surface area contributed by atoms with Crippen molar-refractivity contribution in [3.8, 4) is 0 Å². The van der Waals surface area contributed by atoms with Crippen LogP contribution in [0.25, 0.3) is 0 Å². The fourth-order valence-electron chi connectivity index (χ4n) is 3.32. The van der Waals surface area contributed by atoms with Crippen LogP contribution in [-0.4, -0.2) is 13.4 Å². The van der Waals surface area contributed by atoms with Gasteiger partial charge in [0.05, 0.1) is 0 Å². The van der Waals surface area contributed by atoms with Crippen LogP contribution in [0, 0.1) is 0 Å². The SMILES string of the molecule is CC(C)(C)B1CC=CC=[C]1[Zr+2][C]1=CC=CCB1C(C)(C)C.[Cl-].[Cl-]. The summed E-state index contributed by atoms with van der Waals surface area (Å²) in [6.45, 7) is 15.9. The van der Waals surface area contributed by atoms with E-state index in [1.807, 2.05) is 0 Å². The summed E-state index contributed by atoms with van der Waals surface area (Å²) in [4.78, 5) is 0. The summed E-state index contributed by atoms with van der Waals surface area (Å²) in [7, 11) is 0. The third-order valence-electron chi connectivity index (χ3n) is 4.70. The first-order chi connectivity index (χ1) is 9.69. The van der Waals surface area contributed by atoms with E-state index in [0.29, 0.717) is 10.6 Å². The van der Waals surface area contributed by atoms with Crippen molar-refractivity contribution >= 4 is 13.4 Å². The molecule has 0 N–H and O–H groups in total. The smallest absolute Gasteiger partial charge is 1.00 e. The van der Waals surface area contributed by atoms with Gasteiger partial charge >= 0.3 is 144 Å². The molecular formula is C18H28B2Cl2Zr. The number of halogens is 2. The second-order valence-corrected chi connectivity index (χ2v) is 12.0. The van der Waals surface area contributed by atoms with E-state index in [0.717, 1.165) is 13.4 Å². The van der Waals surface area contributed by atoms with Gasteiger partial charge in [0.25, 0.3) is 0 Å². The number of hydrogen-bond donors (Lipinski definition) is 0. The molecule has 0 nitrogen and oxygen atoms in total. The molecule has 5 heteroatoms. The Morgan fingerprint density at radius 3 is 1.39 bits per heavy atom. The van der Waals surface area contributed by atoms with Gasteiger partial charge < -0.3 is 24.8 Å². The molecule has 0 fully saturated rings. The predicted molar refractivity (Wildman–Crippen MR) is 95.0 cm³/mol. The molecule has 0 spiro atoms. The molecule has 0 unspecified atom stereocenters. The third-order valence-corrected chi connectivity index (χ3v) is 8.65. The molecule has 0 saturated carbocycles. The van der Waals surface area contributed by atoms with Gasteiger partial charge in [-0.05, 0) is 0 Å². The predicted octanol–water partition coefficient (Wildman–Crippen LogP) is -0.347. The Hall–Kier alpha value is 0.553. The molecule has 0 aromatic rings. The molecule has 23 heavy (non-hydrogen) atoms. The molecule has 2 rings (SSSR count). The van der Waals surface area contributed by atoms with Crippen LogP contribution in [0.1, 0.15) is 41.5 Å². The molecule has 0 aliphatic carbocycles. The van der Waals surface area contributed by atoms with Gasteiger partial charge in [0.1, 0.15) is 0 Å². The van der Waals surface area contributed by atoms with Crippen LogP contribution in [0.5, 0.6) is 0 Å². The van der Waals surface area contributed by atoms with Crippen LogP contribution < -0.4 is 24.8 Å². The van der Waals surface area contributed by atoms with E-state index in [-0.39, 0.29) is 24.8 Å². The summed E-state index contributed by atoms with van der Waals surface area (Å²) in [6.07, 6.45) is 16.7. The summed E-state index contributed by atoms with van der Waals surface area (Å²) < 4.78 is 3.59. The molecule has 2 aliphatic rings. The van der Waals surface area contributed by atoms with E-state index in [9.17, 15) is 0 Å². The normalized spacial score (nSPS) is 17.7. The molecule has 2 aliphatic heterocycles. The van der Waals surface area contributed by atoms with Crippen LogP contribution in [0.3, 0.4) is 0 Å². The fourth-order valence-corrected chi connectivity index (χ4v) is 8.59. The minimum Gasteiger partial charge on any atom is -1.00 e. The van der Waals surface area contributed by atoms with Gasteiger partial charge in [-0.1, -0.05) is 0 Å². The largest absolute Gasteiger partial charge is 1.00 e. The number of rotatable bonds is 2. The minimum atomic E-state index is -0.643. The van der Waals surface area contributed by atoms with E-state index < -0.39 is 23.2 Å². The molecule has 0 aromatic carbocycles. The summed E-state index contributed by atoms with van der Waals surface area (Å²) >= 11 is -0.643. The third kappa shape index (κ3) is 6.41. The average molecular weight is 428 g/mol. The van der Waals surface area contributed by atoms with Gasteiger partial charge in [-0.2, -0.15) is 0 Å². The van der Waals surface area contributed by atoms with Crippen molar-refractivity contribution in [3.63, 3.8) is 0 Å². The first-order valence-electron chi connectivity index (χ1n) is 8.20. The van der Waals surface area contributed by atoms with Crippen molar-refractivity contribution in [1.29, 1.82) is 0 Å². The molecule has 0 radical (unpaired) electrons. The maximum absolute atomic E-state index is 2.45. The standard InChI is InChI=1S/2C9H14B.2ClH.Zr/c2*1-9(2,3)10-7-5-4-6-8-10;;;/h2*4-6H,7H2,1-3H3;2*1H;/q;;;;+2/p-2. The first-order valence-corrected chi connectivity index (χ1v) is 10.7. The quantitative estimate of drug-likeness (QED) is 0.528. The average Bonchev–Trinajstić information content (AvgIpc) is 2.37. The van der Waals surface area contributed by atoms with Crippen molar-refractivity contribution in [3.05, 3.63) is 42.8 Å². The molecule has 0 aromatic heterocycles. The van der Waals surface area contributed by atoms with E-state index in [1.165, 1.54) is 12.6 Å². The molecule has 2 heterocycles. The summed E-state index contributed by atoms with van der Waals surface area (Å²) in [5.74, 6) is 0. The van der Waals surface area contributed by atoms with Crippen LogP contribution in [-0.2, 0) is 23.2 Å². The van der Waals surface area contributed by atoms with Crippen molar-refractivity contribution in [2.75, 3.05) is 0 Å². The van der Waals surface area contributed by atoms with E-state index in [4.69, 9.17) is 0 Å². The fraction of sp³-hybridized carbons (Fsp3) is 0.556. The Balaban J connectivity index is 0.00000242. The molecule has 124 valence electrons.